The summed E-state index contributed by atoms with van der Waals surface area (Å²) in [6.07, 6.45) is 8.59. The summed E-state index contributed by atoms with van der Waals surface area (Å²) in [6, 6.07) is 0. The summed E-state index contributed by atoms with van der Waals surface area (Å²) >= 11 is 0. The summed E-state index contributed by atoms with van der Waals surface area (Å²) < 4.78 is 0. The quantitative estimate of drug-likeness (QED) is 0.334. The van der Waals surface area contributed by atoms with Crippen molar-refractivity contribution in [3.05, 3.63) is 38.0 Å². The van der Waals surface area contributed by atoms with Gasteiger partial charge in [-0.25, -0.2) is 4.79 Å². The first kappa shape index (κ1) is 10.6. The molecule has 0 aromatic carbocycles. The van der Waals surface area contributed by atoms with Crippen molar-refractivity contribution in [1.29, 1.82) is 0 Å². The van der Waals surface area contributed by atoms with Crippen LogP contribution in [-0.4, -0.2) is 11.6 Å². The predicted octanol–water partition coefficient (Wildman–Crippen LogP) is 2.20. The molecule has 0 saturated carbocycles. The molecule has 0 spiro atoms. The van der Waals surface area contributed by atoms with Crippen LogP contribution in [0.25, 0.3) is 0 Å². The molecular weight excluding hydrogens is 150 g/mol. The second kappa shape index (κ2) is 5.28. The molecule has 0 aromatic heterocycles. The Morgan fingerprint density at radius 1 is 1.33 bits per heavy atom. The molecule has 1 radical (unpaired) electrons. The largest absolute Gasteiger partial charge is 0.235 e. The van der Waals surface area contributed by atoms with Crippen molar-refractivity contribution >= 4 is 6.08 Å². The van der Waals surface area contributed by atoms with E-state index >= 15 is 0 Å². The fourth-order valence-corrected chi connectivity index (χ4v) is 0.923. The number of aliphatic imine (C=N–C) groups is 1. The molecular formula is C10H12NO. The Hall–Kier alpha value is -1.40. The predicted molar refractivity (Wildman–Crippen MR) is 49.4 cm³/mol. The van der Waals surface area contributed by atoms with E-state index in [4.69, 9.17) is 0 Å². The third-order valence-electron chi connectivity index (χ3n) is 1.55. The van der Waals surface area contributed by atoms with Gasteiger partial charge in [0.1, 0.15) is 5.54 Å². The highest BCUT2D eigenvalue weighted by molar-refractivity contribution is 5.36. The summed E-state index contributed by atoms with van der Waals surface area (Å²) in [5.41, 5.74) is -0.703. The normalized spacial score (nSPS) is 9.67. The van der Waals surface area contributed by atoms with Gasteiger partial charge in [0.2, 0.25) is 6.08 Å². The Kier molecular flexibility index (Phi) is 4.66. The van der Waals surface area contributed by atoms with Crippen molar-refractivity contribution in [3.63, 3.8) is 0 Å². The Morgan fingerprint density at radius 2 is 1.83 bits per heavy atom. The highest BCUT2D eigenvalue weighted by Gasteiger charge is 2.22. The molecule has 0 rings (SSSR count). The summed E-state index contributed by atoms with van der Waals surface area (Å²) in [6.45, 7) is 10.6. The van der Waals surface area contributed by atoms with Crippen LogP contribution < -0.4 is 0 Å². The van der Waals surface area contributed by atoms with Crippen LogP contribution in [0.3, 0.4) is 0 Å². The van der Waals surface area contributed by atoms with Crippen molar-refractivity contribution in [2.45, 2.75) is 18.4 Å². The monoisotopic (exact) mass is 162 g/mol. The summed E-state index contributed by atoms with van der Waals surface area (Å²) in [5.74, 6) is 0. The molecule has 0 aliphatic carbocycles. The zero-order valence-corrected chi connectivity index (χ0v) is 7.05. The van der Waals surface area contributed by atoms with Gasteiger partial charge in [-0.3, -0.25) is 0 Å². The van der Waals surface area contributed by atoms with Gasteiger partial charge in [-0.15, -0.1) is 13.2 Å². The zero-order valence-electron chi connectivity index (χ0n) is 7.05. The van der Waals surface area contributed by atoms with E-state index in [1.165, 1.54) is 6.08 Å². The van der Waals surface area contributed by atoms with Gasteiger partial charge in [0, 0.05) is 0 Å². The molecule has 0 saturated heterocycles. The third-order valence-corrected chi connectivity index (χ3v) is 1.55. The third kappa shape index (κ3) is 2.69. The van der Waals surface area contributed by atoms with Crippen LogP contribution in [0.2, 0.25) is 0 Å². The topological polar surface area (TPSA) is 29.4 Å². The maximum Gasteiger partial charge on any atom is 0.235 e. The summed E-state index contributed by atoms with van der Waals surface area (Å²) in [4.78, 5) is 13.7. The van der Waals surface area contributed by atoms with Crippen LogP contribution >= 0.6 is 0 Å². The lowest BCUT2D eigenvalue weighted by atomic mass is 9.92. The summed E-state index contributed by atoms with van der Waals surface area (Å²) in [7, 11) is 0. The molecule has 0 unspecified atom stereocenters. The van der Waals surface area contributed by atoms with E-state index in [2.05, 4.69) is 30.8 Å². The van der Waals surface area contributed by atoms with E-state index in [-0.39, 0.29) is 0 Å². The van der Waals surface area contributed by atoms with Gasteiger partial charge in [0.05, 0.1) is 0 Å². The molecule has 0 fully saturated rings. The number of hydrogen-bond acceptors (Lipinski definition) is 2. The van der Waals surface area contributed by atoms with Crippen molar-refractivity contribution in [3.8, 4) is 0 Å². The fourth-order valence-electron chi connectivity index (χ4n) is 0.923. The first-order valence-electron chi connectivity index (χ1n) is 3.59. The van der Waals surface area contributed by atoms with E-state index in [1.54, 1.807) is 12.2 Å². The highest BCUT2D eigenvalue weighted by Crippen LogP contribution is 2.21. The molecule has 0 aliphatic heterocycles. The number of carbonyl (C=O) groups excluding carboxylic acids is 1. The Bertz CT molecular complexity index is 214. The van der Waals surface area contributed by atoms with Gasteiger partial charge in [-0.1, -0.05) is 18.7 Å². The maximum absolute atomic E-state index is 10.1. The van der Waals surface area contributed by atoms with E-state index in [9.17, 15) is 4.79 Å². The van der Waals surface area contributed by atoms with Gasteiger partial charge < -0.3 is 0 Å². The van der Waals surface area contributed by atoms with E-state index in [0.29, 0.717) is 12.8 Å². The maximum atomic E-state index is 10.1. The van der Waals surface area contributed by atoms with E-state index < -0.39 is 5.54 Å². The zero-order chi connectivity index (χ0) is 9.45. The van der Waals surface area contributed by atoms with Crippen LogP contribution in [-0.2, 0) is 4.79 Å². The molecule has 0 amide bonds. The van der Waals surface area contributed by atoms with Crippen molar-refractivity contribution in [2.24, 2.45) is 4.99 Å². The Morgan fingerprint density at radius 3 is 2.08 bits per heavy atom. The molecule has 0 atom stereocenters. The average Bonchev–Trinajstić information content (AvgIpc) is 2.06. The van der Waals surface area contributed by atoms with Gasteiger partial charge in [-0.05, 0) is 18.9 Å². The number of isocyanates is 1. The Balaban J connectivity index is 4.70. The first-order valence-corrected chi connectivity index (χ1v) is 3.59. The lowest BCUT2D eigenvalue weighted by Crippen LogP contribution is -2.21. The minimum atomic E-state index is -0.703. The average molecular weight is 162 g/mol. The van der Waals surface area contributed by atoms with Crippen LogP contribution in [0.4, 0.5) is 0 Å². The van der Waals surface area contributed by atoms with Crippen LogP contribution in [0.5, 0.6) is 0 Å². The number of nitrogens with zero attached hydrogens (tertiary/aromatic N) is 1. The lowest BCUT2D eigenvalue weighted by Gasteiger charge is -2.19. The minimum absolute atomic E-state index is 0.526. The lowest BCUT2D eigenvalue weighted by molar-refractivity contribution is 0.510. The minimum Gasteiger partial charge on any atom is -0.211 e. The van der Waals surface area contributed by atoms with Gasteiger partial charge >= 0.3 is 0 Å². The van der Waals surface area contributed by atoms with Crippen LogP contribution in [0.15, 0.2) is 36.9 Å². The van der Waals surface area contributed by atoms with Crippen molar-refractivity contribution in [1.82, 2.24) is 0 Å². The van der Waals surface area contributed by atoms with Gasteiger partial charge in [0.25, 0.3) is 0 Å². The van der Waals surface area contributed by atoms with Crippen LogP contribution in [0.1, 0.15) is 12.8 Å². The SMILES string of the molecule is C=[C]C(CC=C)(CC=C)N=C=O. The van der Waals surface area contributed by atoms with Gasteiger partial charge in [0.15, 0.2) is 0 Å². The van der Waals surface area contributed by atoms with Crippen molar-refractivity contribution < 1.29 is 4.79 Å². The smallest absolute Gasteiger partial charge is 0.211 e. The highest BCUT2D eigenvalue weighted by atomic mass is 16.1. The number of hydrogen-bond donors (Lipinski definition) is 0. The molecule has 2 nitrogen and oxygen atoms in total. The number of rotatable bonds is 6. The van der Waals surface area contributed by atoms with E-state index in [0.717, 1.165) is 0 Å². The molecule has 0 heterocycles. The van der Waals surface area contributed by atoms with E-state index in [1.807, 2.05) is 0 Å². The van der Waals surface area contributed by atoms with Gasteiger partial charge in [-0.2, -0.15) is 4.99 Å². The molecule has 0 aromatic rings. The second-order valence-corrected chi connectivity index (χ2v) is 2.40. The molecule has 0 aliphatic rings. The van der Waals surface area contributed by atoms with Crippen molar-refractivity contribution in [2.75, 3.05) is 0 Å². The molecule has 0 N–H and O–H groups in total. The van der Waals surface area contributed by atoms with Crippen LogP contribution in [0, 0.1) is 6.08 Å². The Labute approximate surface area is 73.0 Å². The standard InChI is InChI=1S/C10H12NO/c1-4-7-10(6-3,8-5-2)11-9-12/h4-5H,1-3,7-8H2. The molecule has 12 heavy (non-hydrogen) atoms. The molecule has 63 valence electrons. The summed E-state index contributed by atoms with van der Waals surface area (Å²) in [5, 5.41) is 0. The first-order chi connectivity index (χ1) is 5.74. The fraction of sp³-hybridized carbons (Fsp3) is 0.300. The molecule has 0 bridgehead atoms. The second-order valence-electron chi connectivity index (χ2n) is 2.40. The molecule has 2 heteroatoms.